The molecule has 2 aromatic heterocycles. The van der Waals surface area contributed by atoms with E-state index < -0.39 is 0 Å². The lowest BCUT2D eigenvalue weighted by atomic mass is 10.2. The molecule has 166 valence electrons. The number of anilines is 1. The van der Waals surface area contributed by atoms with Crippen LogP contribution in [0.1, 0.15) is 30.3 Å². The number of aromatic nitrogens is 3. The summed E-state index contributed by atoms with van der Waals surface area (Å²) in [5.41, 5.74) is 3.39. The van der Waals surface area contributed by atoms with Crippen LogP contribution in [0.3, 0.4) is 0 Å². The molecule has 3 rings (SSSR count). The molecule has 1 fully saturated rings. The molecule has 3 heterocycles. The highest BCUT2D eigenvalue weighted by Gasteiger charge is 2.17. The van der Waals surface area contributed by atoms with Gasteiger partial charge in [0.05, 0.1) is 18.4 Å². The fraction of sp³-hybridized carbons (Fsp3) is 0.571. The van der Waals surface area contributed by atoms with Crippen molar-refractivity contribution in [1.82, 2.24) is 25.4 Å². The van der Waals surface area contributed by atoms with Gasteiger partial charge < -0.3 is 20.3 Å². The predicted octanol–water partition coefficient (Wildman–Crippen LogP) is 2.49. The number of ether oxygens (including phenoxy) is 1. The number of aliphatic imine (C=N–C) groups is 1. The summed E-state index contributed by atoms with van der Waals surface area (Å²) in [6, 6.07) is 6.30. The van der Waals surface area contributed by atoms with E-state index in [2.05, 4.69) is 67.3 Å². The predicted molar refractivity (Wildman–Crippen MR) is 132 cm³/mol. The third-order valence-corrected chi connectivity index (χ3v) is 5.00. The molecule has 0 saturated carbocycles. The first kappa shape index (κ1) is 24.4. The molecule has 30 heavy (non-hydrogen) atoms. The fourth-order valence-electron chi connectivity index (χ4n) is 3.48. The van der Waals surface area contributed by atoms with Crippen molar-refractivity contribution >= 4 is 35.8 Å². The molecule has 1 atom stereocenters. The van der Waals surface area contributed by atoms with Crippen molar-refractivity contribution in [3.05, 3.63) is 41.3 Å². The maximum atomic E-state index is 5.60. The van der Waals surface area contributed by atoms with Crippen molar-refractivity contribution in [3.63, 3.8) is 0 Å². The number of hydrogen-bond donors (Lipinski definition) is 2. The molecule has 2 N–H and O–H groups in total. The van der Waals surface area contributed by atoms with Gasteiger partial charge in [-0.2, -0.15) is 5.10 Å². The number of nitrogens with zero attached hydrogens (tertiary/aromatic N) is 5. The van der Waals surface area contributed by atoms with Gasteiger partial charge in [-0.1, -0.05) is 6.07 Å². The van der Waals surface area contributed by atoms with Crippen molar-refractivity contribution in [2.24, 2.45) is 4.99 Å². The molecule has 1 aliphatic heterocycles. The molecule has 0 aromatic carbocycles. The Bertz CT molecular complexity index is 806. The van der Waals surface area contributed by atoms with Crippen LogP contribution < -0.4 is 15.5 Å². The van der Waals surface area contributed by atoms with Gasteiger partial charge in [0.2, 0.25) is 0 Å². The van der Waals surface area contributed by atoms with Gasteiger partial charge in [-0.25, -0.2) is 4.98 Å². The molecule has 1 saturated heterocycles. The lowest BCUT2D eigenvalue weighted by Gasteiger charge is -2.32. The summed E-state index contributed by atoms with van der Waals surface area (Å²) in [4.78, 5) is 11.2. The molecule has 0 amide bonds. The average Bonchev–Trinajstić information content (AvgIpc) is 3.05. The molecule has 8 nitrogen and oxygen atoms in total. The topological polar surface area (TPSA) is 79.6 Å². The third kappa shape index (κ3) is 7.12. The van der Waals surface area contributed by atoms with Gasteiger partial charge in [0.15, 0.2) is 5.96 Å². The molecule has 1 unspecified atom stereocenters. The van der Waals surface area contributed by atoms with Crippen molar-refractivity contribution in [2.75, 3.05) is 38.2 Å². The van der Waals surface area contributed by atoms with Gasteiger partial charge in [0.1, 0.15) is 5.82 Å². The van der Waals surface area contributed by atoms with Gasteiger partial charge in [-0.05, 0) is 44.9 Å². The summed E-state index contributed by atoms with van der Waals surface area (Å²) in [6.07, 6.45) is 3.16. The Morgan fingerprint density at radius 3 is 2.77 bits per heavy atom. The normalized spacial score (nSPS) is 16.9. The average molecular weight is 527 g/mol. The number of rotatable bonds is 7. The van der Waals surface area contributed by atoms with E-state index in [1.807, 2.05) is 13.1 Å². The zero-order valence-corrected chi connectivity index (χ0v) is 20.7. The molecule has 1 aliphatic rings. The number of morpholine rings is 1. The minimum Gasteiger partial charge on any atom is -0.375 e. The van der Waals surface area contributed by atoms with Gasteiger partial charge in [-0.15, -0.1) is 24.0 Å². The second-order valence-electron chi connectivity index (χ2n) is 7.51. The lowest BCUT2D eigenvalue weighted by Crippen LogP contribution is -2.41. The Morgan fingerprint density at radius 1 is 1.30 bits per heavy atom. The van der Waals surface area contributed by atoms with Crippen molar-refractivity contribution in [3.8, 4) is 0 Å². The van der Waals surface area contributed by atoms with Crippen LogP contribution in [-0.2, 0) is 17.8 Å². The highest BCUT2D eigenvalue weighted by atomic mass is 127. The monoisotopic (exact) mass is 527 g/mol. The Morgan fingerprint density at radius 2 is 2.13 bits per heavy atom. The highest BCUT2D eigenvalue weighted by Crippen LogP contribution is 2.15. The van der Waals surface area contributed by atoms with Crippen LogP contribution in [0.2, 0.25) is 0 Å². The molecule has 9 heteroatoms. The van der Waals surface area contributed by atoms with Crippen molar-refractivity contribution in [2.45, 2.75) is 46.4 Å². The van der Waals surface area contributed by atoms with Crippen LogP contribution >= 0.6 is 24.0 Å². The minimum absolute atomic E-state index is 0. The van der Waals surface area contributed by atoms with Crippen LogP contribution in [0.4, 0.5) is 5.82 Å². The standard InChI is InChI=1S/C21H33N7O.HI/c1-16-12-17(2)28(26-16)9-5-8-23-21(22-4)25-14-19-6-7-20(24-13-19)27-10-11-29-18(3)15-27;/h6-7,12-13,18H,5,8-11,14-15H2,1-4H3,(H2,22,23,25);1H. The van der Waals surface area contributed by atoms with Gasteiger partial charge in [0, 0.05) is 51.7 Å². The highest BCUT2D eigenvalue weighted by molar-refractivity contribution is 14.0. The Kier molecular flexibility index (Phi) is 9.83. The first-order valence-corrected chi connectivity index (χ1v) is 10.3. The zero-order valence-electron chi connectivity index (χ0n) is 18.4. The maximum absolute atomic E-state index is 5.60. The van der Waals surface area contributed by atoms with Gasteiger partial charge in [-0.3, -0.25) is 9.67 Å². The molecule has 0 radical (unpaired) electrons. The fourth-order valence-corrected chi connectivity index (χ4v) is 3.48. The molecule has 0 bridgehead atoms. The Hall–Kier alpha value is -1.88. The van der Waals surface area contributed by atoms with E-state index in [9.17, 15) is 0 Å². The van der Waals surface area contributed by atoms with Gasteiger partial charge >= 0.3 is 0 Å². The van der Waals surface area contributed by atoms with Gasteiger partial charge in [0.25, 0.3) is 0 Å². The third-order valence-electron chi connectivity index (χ3n) is 5.00. The van der Waals surface area contributed by atoms with E-state index in [1.54, 1.807) is 7.05 Å². The number of nitrogens with one attached hydrogen (secondary N) is 2. The Labute approximate surface area is 196 Å². The molecule has 0 spiro atoms. The van der Waals surface area contributed by atoms with E-state index >= 15 is 0 Å². The van der Waals surface area contributed by atoms with Crippen LogP contribution in [0, 0.1) is 13.8 Å². The van der Waals surface area contributed by atoms with Crippen molar-refractivity contribution < 1.29 is 4.74 Å². The number of hydrogen-bond acceptors (Lipinski definition) is 5. The maximum Gasteiger partial charge on any atom is 0.191 e. The van der Waals surface area contributed by atoms with Crippen LogP contribution in [0.5, 0.6) is 0 Å². The summed E-state index contributed by atoms with van der Waals surface area (Å²) in [5, 5.41) is 11.2. The number of aryl methyl sites for hydroxylation is 3. The van der Waals surface area contributed by atoms with Crippen LogP contribution in [-0.4, -0.2) is 60.1 Å². The minimum atomic E-state index is 0. The molecular formula is C21H34IN7O. The van der Waals surface area contributed by atoms with E-state index in [4.69, 9.17) is 4.74 Å². The van der Waals surface area contributed by atoms with Crippen LogP contribution in [0.25, 0.3) is 0 Å². The molecule has 2 aromatic rings. The summed E-state index contributed by atoms with van der Waals surface area (Å²) in [5.74, 6) is 1.81. The summed E-state index contributed by atoms with van der Waals surface area (Å²) >= 11 is 0. The first-order valence-electron chi connectivity index (χ1n) is 10.3. The first-order chi connectivity index (χ1) is 14.0. The summed E-state index contributed by atoms with van der Waals surface area (Å²) in [7, 11) is 1.79. The van der Waals surface area contributed by atoms with E-state index in [1.165, 1.54) is 5.69 Å². The largest absolute Gasteiger partial charge is 0.375 e. The second kappa shape index (κ2) is 12.1. The van der Waals surface area contributed by atoms with E-state index in [-0.39, 0.29) is 30.1 Å². The van der Waals surface area contributed by atoms with E-state index in [0.29, 0.717) is 6.54 Å². The number of guanidine groups is 1. The van der Waals surface area contributed by atoms with Crippen molar-refractivity contribution in [1.29, 1.82) is 0 Å². The zero-order chi connectivity index (χ0) is 20.6. The molecular weight excluding hydrogens is 493 g/mol. The Balaban J connectivity index is 0.00000320. The molecule has 0 aliphatic carbocycles. The second-order valence-corrected chi connectivity index (χ2v) is 7.51. The number of pyridine rings is 1. The lowest BCUT2D eigenvalue weighted by molar-refractivity contribution is 0.0529. The summed E-state index contributed by atoms with van der Waals surface area (Å²) in [6.45, 7) is 11.2. The SMILES string of the molecule is CN=C(NCCCn1nc(C)cc1C)NCc1ccc(N2CCOC(C)C2)nc1.I. The quantitative estimate of drug-likeness (QED) is 0.250. The summed E-state index contributed by atoms with van der Waals surface area (Å²) < 4.78 is 7.65. The smallest absolute Gasteiger partial charge is 0.191 e. The number of halogens is 1. The van der Waals surface area contributed by atoms with Crippen LogP contribution in [0.15, 0.2) is 29.4 Å². The van der Waals surface area contributed by atoms with E-state index in [0.717, 1.165) is 62.2 Å².